The number of thioether (sulfide) groups is 1. The molecule has 110 valence electrons. The van der Waals surface area contributed by atoms with E-state index in [2.05, 4.69) is 24.0 Å². The van der Waals surface area contributed by atoms with E-state index in [0.717, 1.165) is 22.0 Å². The molecule has 1 aromatic heterocycles. The van der Waals surface area contributed by atoms with Crippen LogP contribution in [-0.4, -0.2) is 17.9 Å². The zero-order valence-electron chi connectivity index (χ0n) is 12.4. The SMILES string of the molecule is COc1ccc(CSc2cc(C)cc(C)n2)cc1C(=N)N. The molecule has 0 spiro atoms. The number of nitrogens with one attached hydrogen (secondary N) is 1. The van der Waals surface area contributed by atoms with Gasteiger partial charge in [-0.1, -0.05) is 6.07 Å². The van der Waals surface area contributed by atoms with Crippen molar-refractivity contribution in [2.24, 2.45) is 5.73 Å². The normalized spacial score (nSPS) is 10.4. The Labute approximate surface area is 129 Å². The average Bonchev–Trinajstić information content (AvgIpc) is 2.43. The number of nitrogens with two attached hydrogens (primary N) is 1. The van der Waals surface area contributed by atoms with E-state index in [4.69, 9.17) is 15.9 Å². The van der Waals surface area contributed by atoms with Gasteiger partial charge in [-0.15, -0.1) is 11.8 Å². The van der Waals surface area contributed by atoms with Gasteiger partial charge in [0.25, 0.3) is 0 Å². The maximum Gasteiger partial charge on any atom is 0.129 e. The number of aromatic nitrogens is 1. The zero-order valence-corrected chi connectivity index (χ0v) is 13.3. The fourth-order valence-electron chi connectivity index (χ4n) is 2.09. The first-order chi connectivity index (χ1) is 9.99. The molecule has 0 aliphatic heterocycles. The maximum atomic E-state index is 7.61. The third kappa shape index (κ3) is 3.98. The van der Waals surface area contributed by atoms with E-state index >= 15 is 0 Å². The molecule has 0 atom stereocenters. The Morgan fingerprint density at radius 2 is 2.05 bits per heavy atom. The third-order valence-electron chi connectivity index (χ3n) is 3.02. The van der Waals surface area contributed by atoms with Crippen LogP contribution in [0.3, 0.4) is 0 Å². The standard InChI is InChI=1S/C16H19N3OS/c1-10-6-11(2)19-15(7-10)21-9-12-4-5-14(20-3)13(8-12)16(17)18/h4-8H,9H2,1-3H3,(H3,17,18). The molecule has 0 fully saturated rings. The van der Waals surface area contributed by atoms with Gasteiger partial charge < -0.3 is 10.5 Å². The van der Waals surface area contributed by atoms with Gasteiger partial charge in [-0.25, -0.2) is 4.98 Å². The van der Waals surface area contributed by atoms with Crippen molar-refractivity contribution >= 4 is 17.6 Å². The number of amidine groups is 1. The van der Waals surface area contributed by atoms with Gasteiger partial charge in [-0.3, -0.25) is 5.41 Å². The second kappa shape index (κ2) is 6.63. The number of rotatable bonds is 5. The van der Waals surface area contributed by atoms with Crippen LogP contribution in [0.2, 0.25) is 0 Å². The molecule has 2 aromatic rings. The van der Waals surface area contributed by atoms with Crippen LogP contribution >= 0.6 is 11.8 Å². The largest absolute Gasteiger partial charge is 0.496 e. The van der Waals surface area contributed by atoms with Gasteiger partial charge >= 0.3 is 0 Å². The highest BCUT2D eigenvalue weighted by molar-refractivity contribution is 7.98. The van der Waals surface area contributed by atoms with Gasteiger partial charge in [0.05, 0.1) is 17.7 Å². The summed E-state index contributed by atoms with van der Waals surface area (Å²) in [6.45, 7) is 4.07. The van der Waals surface area contributed by atoms with E-state index in [1.165, 1.54) is 5.56 Å². The average molecular weight is 301 g/mol. The van der Waals surface area contributed by atoms with Crippen molar-refractivity contribution in [2.45, 2.75) is 24.6 Å². The number of aryl methyl sites for hydroxylation is 2. The minimum Gasteiger partial charge on any atom is -0.496 e. The van der Waals surface area contributed by atoms with Gasteiger partial charge in [0, 0.05) is 11.4 Å². The van der Waals surface area contributed by atoms with Crippen LogP contribution in [-0.2, 0) is 5.75 Å². The first-order valence-electron chi connectivity index (χ1n) is 6.59. The highest BCUT2D eigenvalue weighted by atomic mass is 32.2. The van der Waals surface area contributed by atoms with Crippen molar-refractivity contribution in [3.05, 3.63) is 52.7 Å². The molecule has 1 aromatic carbocycles. The van der Waals surface area contributed by atoms with Crippen molar-refractivity contribution in [3.8, 4) is 5.75 Å². The first-order valence-corrected chi connectivity index (χ1v) is 7.57. The summed E-state index contributed by atoms with van der Waals surface area (Å²) in [5.74, 6) is 1.42. The monoisotopic (exact) mass is 301 g/mol. The summed E-state index contributed by atoms with van der Waals surface area (Å²) in [6, 6.07) is 9.87. The number of nitrogens with zero attached hydrogens (tertiary/aromatic N) is 1. The Balaban J connectivity index is 2.16. The molecule has 0 amide bonds. The summed E-state index contributed by atoms with van der Waals surface area (Å²) in [7, 11) is 1.58. The molecule has 5 heteroatoms. The first kappa shape index (κ1) is 15.4. The van der Waals surface area contributed by atoms with Crippen LogP contribution in [0.5, 0.6) is 5.75 Å². The molecular weight excluding hydrogens is 282 g/mol. The molecule has 4 nitrogen and oxygen atoms in total. The molecule has 2 rings (SSSR count). The van der Waals surface area contributed by atoms with E-state index in [-0.39, 0.29) is 5.84 Å². The Kier molecular flexibility index (Phi) is 4.85. The second-order valence-electron chi connectivity index (χ2n) is 4.86. The van der Waals surface area contributed by atoms with E-state index in [0.29, 0.717) is 11.3 Å². The van der Waals surface area contributed by atoms with Gasteiger partial charge in [0.15, 0.2) is 0 Å². The quantitative estimate of drug-likeness (QED) is 0.505. The van der Waals surface area contributed by atoms with E-state index < -0.39 is 0 Å². The number of pyridine rings is 1. The number of benzene rings is 1. The number of nitrogen functional groups attached to an aromatic ring is 1. The van der Waals surface area contributed by atoms with Crippen molar-refractivity contribution in [3.63, 3.8) is 0 Å². The fourth-order valence-corrected chi connectivity index (χ4v) is 3.06. The van der Waals surface area contributed by atoms with Crippen molar-refractivity contribution in [1.29, 1.82) is 5.41 Å². The summed E-state index contributed by atoms with van der Waals surface area (Å²) in [5, 5.41) is 8.61. The second-order valence-corrected chi connectivity index (χ2v) is 5.86. The van der Waals surface area contributed by atoms with Crippen LogP contribution in [0.1, 0.15) is 22.4 Å². The predicted molar refractivity (Wildman–Crippen MR) is 87.3 cm³/mol. The lowest BCUT2D eigenvalue weighted by molar-refractivity contribution is 0.413. The third-order valence-corrected chi connectivity index (χ3v) is 4.00. The number of hydrogen-bond acceptors (Lipinski definition) is 4. The molecule has 21 heavy (non-hydrogen) atoms. The van der Waals surface area contributed by atoms with Gasteiger partial charge in [-0.05, 0) is 49.2 Å². The molecule has 0 radical (unpaired) electrons. The summed E-state index contributed by atoms with van der Waals surface area (Å²) in [4.78, 5) is 4.51. The van der Waals surface area contributed by atoms with E-state index in [1.54, 1.807) is 18.9 Å². The van der Waals surface area contributed by atoms with Crippen molar-refractivity contribution in [1.82, 2.24) is 4.98 Å². The lowest BCUT2D eigenvalue weighted by Crippen LogP contribution is -2.12. The van der Waals surface area contributed by atoms with Crippen LogP contribution in [0.25, 0.3) is 0 Å². The van der Waals surface area contributed by atoms with Crippen LogP contribution in [0, 0.1) is 19.3 Å². The van der Waals surface area contributed by atoms with Crippen LogP contribution < -0.4 is 10.5 Å². The highest BCUT2D eigenvalue weighted by Crippen LogP contribution is 2.25. The maximum absolute atomic E-state index is 7.61. The Morgan fingerprint density at radius 3 is 2.67 bits per heavy atom. The van der Waals surface area contributed by atoms with Crippen LogP contribution in [0.15, 0.2) is 35.4 Å². The number of methoxy groups -OCH3 is 1. The molecule has 0 bridgehead atoms. The van der Waals surface area contributed by atoms with Crippen molar-refractivity contribution in [2.75, 3.05) is 7.11 Å². The molecule has 0 saturated carbocycles. The lowest BCUT2D eigenvalue weighted by Gasteiger charge is -2.09. The zero-order chi connectivity index (χ0) is 15.4. The number of hydrogen-bond donors (Lipinski definition) is 2. The van der Waals surface area contributed by atoms with Crippen LogP contribution in [0.4, 0.5) is 0 Å². The predicted octanol–water partition coefficient (Wildman–Crippen LogP) is 3.28. The molecular formula is C16H19N3OS. The molecule has 0 aliphatic carbocycles. The van der Waals surface area contributed by atoms with Gasteiger partial charge in [0.2, 0.25) is 0 Å². The van der Waals surface area contributed by atoms with Gasteiger partial charge in [0.1, 0.15) is 11.6 Å². The Bertz CT molecular complexity index is 650. The molecule has 0 aliphatic rings. The molecule has 0 unspecified atom stereocenters. The molecule has 0 saturated heterocycles. The van der Waals surface area contributed by atoms with Gasteiger partial charge in [-0.2, -0.15) is 0 Å². The highest BCUT2D eigenvalue weighted by Gasteiger charge is 2.08. The number of ether oxygens (including phenoxy) is 1. The minimum atomic E-state index is 0.0169. The molecule has 3 N–H and O–H groups in total. The van der Waals surface area contributed by atoms with E-state index in [9.17, 15) is 0 Å². The lowest BCUT2D eigenvalue weighted by atomic mass is 10.1. The van der Waals surface area contributed by atoms with E-state index in [1.807, 2.05) is 25.1 Å². The minimum absolute atomic E-state index is 0.0169. The topological polar surface area (TPSA) is 72.0 Å². The summed E-state index contributed by atoms with van der Waals surface area (Å²) < 4.78 is 5.22. The summed E-state index contributed by atoms with van der Waals surface area (Å²) in [5.41, 5.74) is 9.55. The summed E-state index contributed by atoms with van der Waals surface area (Å²) in [6.07, 6.45) is 0. The smallest absolute Gasteiger partial charge is 0.129 e. The van der Waals surface area contributed by atoms with Crippen molar-refractivity contribution < 1.29 is 4.74 Å². The Morgan fingerprint density at radius 1 is 1.29 bits per heavy atom. The summed E-state index contributed by atoms with van der Waals surface area (Å²) >= 11 is 1.67. The fraction of sp³-hybridized carbons (Fsp3) is 0.250. The Hall–Kier alpha value is -2.01. The molecule has 1 heterocycles.